The maximum absolute atomic E-state index is 11.7. The number of amides is 2. The summed E-state index contributed by atoms with van der Waals surface area (Å²) in [5.74, 6) is -0.0632. The molecule has 0 aromatic heterocycles. The number of ether oxygens (including phenoxy) is 4. The summed E-state index contributed by atoms with van der Waals surface area (Å²) < 4.78 is 21.0. The molecule has 0 rings (SSSR count). The molecule has 0 aliphatic heterocycles. The number of carbonyl (C=O) groups excluding carboxylic acids is 2. The van der Waals surface area contributed by atoms with E-state index in [4.69, 9.17) is 24.7 Å². The van der Waals surface area contributed by atoms with Crippen molar-refractivity contribution < 1.29 is 32.8 Å². The van der Waals surface area contributed by atoms with Gasteiger partial charge in [0.25, 0.3) is 0 Å². The minimum atomic E-state index is -0.0369. The smallest absolute Gasteiger partial charge is 0.220 e. The Labute approximate surface area is 193 Å². The van der Waals surface area contributed by atoms with Crippen molar-refractivity contribution in [3.8, 4) is 0 Å². The molecular formula is C22H53N3O6. The summed E-state index contributed by atoms with van der Waals surface area (Å²) in [7, 11) is 1.63. The second kappa shape index (κ2) is 28.7. The second-order valence-electron chi connectivity index (χ2n) is 6.94. The Bertz CT molecular complexity index is 401. The van der Waals surface area contributed by atoms with E-state index in [1.807, 2.05) is 0 Å². The molecule has 9 nitrogen and oxygen atoms in total. The van der Waals surface area contributed by atoms with Gasteiger partial charge in [-0.3, -0.25) is 9.59 Å². The number of nitrogens with one attached hydrogen (secondary N) is 2. The van der Waals surface area contributed by atoms with E-state index in [0.29, 0.717) is 85.1 Å². The van der Waals surface area contributed by atoms with Gasteiger partial charge in [0.15, 0.2) is 0 Å². The van der Waals surface area contributed by atoms with Gasteiger partial charge in [-0.1, -0.05) is 20.3 Å². The Morgan fingerprint density at radius 2 is 1.13 bits per heavy atom. The van der Waals surface area contributed by atoms with Crippen LogP contribution in [0.2, 0.25) is 0 Å². The summed E-state index contributed by atoms with van der Waals surface area (Å²) in [4.78, 5) is 23.2. The lowest BCUT2D eigenvalue weighted by molar-refractivity contribution is -0.122. The van der Waals surface area contributed by atoms with Gasteiger partial charge < -0.3 is 35.3 Å². The molecule has 9 heteroatoms. The van der Waals surface area contributed by atoms with Crippen LogP contribution in [0.5, 0.6) is 0 Å². The van der Waals surface area contributed by atoms with E-state index in [1.165, 1.54) is 6.42 Å². The molecule has 0 unspecified atom stereocenters. The van der Waals surface area contributed by atoms with Crippen molar-refractivity contribution in [2.75, 3.05) is 73.0 Å². The van der Waals surface area contributed by atoms with Gasteiger partial charge in [-0.2, -0.15) is 0 Å². The highest BCUT2D eigenvalue weighted by Crippen LogP contribution is 1.96. The summed E-state index contributed by atoms with van der Waals surface area (Å²) in [6.45, 7) is 10.1. The molecule has 0 aromatic rings. The summed E-state index contributed by atoms with van der Waals surface area (Å²) in [5.41, 5.74) is 5.36. The zero-order chi connectivity index (χ0) is 23.4. The Hall–Kier alpha value is -1.26. The number of hydrogen-bond acceptors (Lipinski definition) is 7. The number of hydrogen-bond donors (Lipinski definition) is 3. The summed E-state index contributed by atoms with van der Waals surface area (Å²) in [6.07, 6.45) is 4.92. The fourth-order valence-electron chi connectivity index (χ4n) is 2.16. The van der Waals surface area contributed by atoms with Gasteiger partial charge in [0.1, 0.15) is 0 Å². The van der Waals surface area contributed by atoms with Gasteiger partial charge >= 0.3 is 0 Å². The molecule has 0 bridgehead atoms. The monoisotopic (exact) mass is 455 g/mol. The quantitative estimate of drug-likeness (QED) is 0.227. The van der Waals surface area contributed by atoms with Gasteiger partial charge in [0.2, 0.25) is 11.8 Å². The minimum absolute atomic E-state index is 0. The first kappa shape index (κ1) is 31.9. The Balaban J connectivity index is -0.000000441. The molecular weight excluding hydrogens is 402 g/mol. The molecule has 0 heterocycles. The van der Waals surface area contributed by atoms with Crippen LogP contribution in [0.4, 0.5) is 0 Å². The van der Waals surface area contributed by atoms with E-state index in [9.17, 15) is 9.59 Å². The molecule has 0 fully saturated rings. The van der Waals surface area contributed by atoms with Crippen molar-refractivity contribution >= 4 is 11.8 Å². The third-order valence-electron chi connectivity index (χ3n) is 3.68. The van der Waals surface area contributed by atoms with Gasteiger partial charge in [0, 0.05) is 57.1 Å². The average molecular weight is 456 g/mol. The third kappa shape index (κ3) is 31.0. The van der Waals surface area contributed by atoms with Gasteiger partial charge in [-0.05, 0) is 32.2 Å². The van der Waals surface area contributed by atoms with Crippen LogP contribution < -0.4 is 16.4 Å². The summed E-state index contributed by atoms with van der Waals surface area (Å²) >= 11 is 0. The van der Waals surface area contributed by atoms with Crippen molar-refractivity contribution in [2.45, 2.75) is 58.8 Å². The van der Waals surface area contributed by atoms with E-state index in [2.05, 4.69) is 24.5 Å². The molecule has 2 amide bonds. The van der Waals surface area contributed by atoms with Crippen LogP contribution in [0.3, 0.4) is 0 Å². The Morgan fingerprint density at radius 1 is 0.710 bits per heavy atom. The van der Waals surface area contributed by atoms with E-state index in [0.717, 1.165) is 19.3 Å². The molecule has 4 N–H and O–H groups in total. The van der Waals surface area contributed by atoms with Gasteiger partial charge in [-0.25, -0.2) is 0 Å². The predicted octanol–water partition coefficient (Wildman–Crippen LogP) is 2.37. The maximum atomic E-state index is 11.7. The molecule has 0 aromatic carbocycles. The standard InChI is InChI=1S/C19H39N3O6.C3H8.3H2/c1-25-11-4-9-21-18(23)6-2-7-19(24)22-10-5-13-27-15-17-28-16-14-26-12-3-8-20;1-3-2;;;/h2-17,20H2,1H3,(H,21,23)(H,22,24);3H2,1-2H3;3*1H. The van der Waals surface area contributed by atoms with E-state index in [1.54, 1.807) is 7.11 Å². The first-order chi connectivity index (χ1) is 15.1. The highest BCUT2D eigenvalue weighted by Gasteiger charge is 2.04. The lowest BCUT2D eigenvalue weighted by Crippen LogP contribution is -2.27. The lowest BCUT2D eigenvalue weighted by atomic mass is 10.2. The molecule has 0 saturated carbocycles. The summed E-state index contributed by atoms with van der Waals surface area (Å²) in [5, 5.41) is 5.63. The van der Waals surface area contributed by atoms with Gasteiger partial charge in [0.05, 0.1) is 26.4 Å². The van der Waals surface area contributed by atoms with E-state index >= 15 is 0 Å². The van der Waals surface area contributed by atoms with Crippen LogP contribution in [0, 0.1) is 0 Å². The molecule has 0 aliphatic rings. The topological polar surface area (TPSA) is 121 Å². The zero-order valence-corrected chi connectivity index (χ0v) is 20.0. The van der Waals surface area contributed by atoms with Crippen LogP contribution in [-0.4, -0.2) is 84.8 Å². The fourth-order valence-corrected chi connectivity index (χ4v) is 2.16. The van der Waals surface area contributed by atoms with Crippen LogP contribution in [0.15, 0.2) is 0 Å². The fraction of sp³-hybridized carbons (Fsp3) is 0.909. The largest absolute Gasteiger partial charge is 0.385 e. The molecule has 0 radical (unpaired) electrons. The Kier molecular flexibility index (Phi) is 29.6. The highest BCUT2D eigenvalue weighted by atomic mass is 16.5. The van der Waals surface area contributed by atoms with E-state index in [-0.39, 0.29) is 16.1 Å². The first-order valence-corrected chi connectivity index (χ1v) is 11.6. The van der Waals surface area contributed by atoms with Crippen molar-refractivity contribution in [3.63, 3.8) is 0 Å². The second-order valence-corrected chi connectivity index (χ2v) is 6.94. The first-order valence-electron chi connectivity index (χ1n) is 11.6. The molecule has 0 atom stereocenters. The van der Waals surface area contributed by atoms with Gasteiger partial charge in [-0.15, -0.1) is 0 Å². The predicted molar refractivity (Wildman–Crippen MR) is 129 cm³/mol. The minimum Gasteiger partial charge on any atom is -0.385 e. The van der Waals surface area contributed by atoms with Crippen molar-refractivity contribution in [1.82, 2.24) is 10.6 Å². The number of nitrogens with two attached hydrogens (primary N) is 1. The molecule has 0 aliphatic carbocycles. The number of carbonyl (C=O) groups is 2. The van der Waals surface area contributed by atoms with Crippen molar-refractivity contribution in [3.05, 3.63) is 0 Å². The van der Waals surface area contributed by atoms with Crippen LogP contribution in [0.25, 0.3) is 0 Å². The van der Waals surface area contributed by atoms with Crippen LogP contribution >= 0.6 is 0 Å². The molecule has 0 spiro atoms. The van der Waals surface area contributed by atoms with E-state index < -0.39 is 0 Å². The zero-order valence-electron chi connectivity index (χ0n) is 20.0. The molecule has 192 valence electrons. The SMILES string of the molecule is CCC.COCCCNC(=O)CCCC(=O)NCCCOCCOCCOCCCN.[HH].[HH].[HH]. The lowest BCUT2D eigenvalue weighted by Gasteiger charge is -2.08. The van der Waals surface area contributed by atoms with Crippen LogP contribution in [-0.2, 0) is 28.5 Å². The highest BCUT2D eigenvalue weighted by molar-refractivity contribution is 5.78. The summed E-state index contributed by atoms with van der Waals surface area (Å²) in [6, 6.07) is 0. The molecule has 31 heavy (non-hydrogen) atoms. The normalized spacial score (nSPS) is 10.3. The van der Waals surface area contributed by atoms with Crippen molar-refractivity contribution in [2.24, 2.45) is 5.73 Å². The maximum Gasteiger partial charge on any atom is 0.220 e. The third-order valence-corrected chi connectivity index (χ3v) is 3.68. The van der Waals surface area contributed by atoms with Crippen molar-refractivity contribution in [1.29, 1.82) is 0 Å². The van der Waals surface area contributed by atoms with Crippen LogP contribution in [0.1, 0.15) is 63.1 Å². The average Bonchev–Trinajstić information content (AvgIpc) is 2.75. The number of rotatable bonds is 21. The number of methoxy groups -OCH3 is 1. The Morgan fingerprint density at radius 3 is 1.58 bits per heavy atom. The molecule has 0 saturated heterocycles.